The van der Waals surface area contributed by atoms with E-state index in [1.54, 1.807) is 66.7 Å². The fourth-order valence-electron chi connectivity index (χ4n) is 2.51. The molecular formula is C21H19Cl2NO3S. The van der Waals surface area contributed by atoms with Crippen molar-refractivity contribution in [1.29, 1.82) is 0 Å². The molecule has 3 aromatic rings. The maximum Gasteiger partial charge on any atom is 0.240 e. The zero-order valence-electron chi connectivity index (χ0n) is 15.2. The molecule has 7 heteroatoms. The van der Waals surface area contributed by atoms with E-state index in [2.05, 4.69) is 4.72 Å². The molecule has 0 atom stereocenters. The number of rotatable bonds is 7. The summed E-state index contributed by atoms with van der Waals surface area (Å²) < 4.78 is 33.0. The molecule has 0 saturated heterocycles. The zero-order valence-corrected chi connectivity index (χ0v) is 17.5. The van der Waals surface area contributed by atoms with Crippen LogP contribution in [0.5, 0.6) is 5.75 Å². The summed E-state index contributed by atoms with van der Waals surface area (Å²) in [6.07, 6.45) is 0. The highest BCUT2D eigenvalue weighted by atomic mass is 35.5. The fraction of sp³-hybridized carbons (Fsp3) is 0.143. The number of aryl methyl sites for hydroxylation is 1. The Labute approximate surface area is 175 Å². The van der Waals surface area contributed by atoms with E-state index < -0.39 is 10.0 Å². The van der Waals surface area contributed by atoms with Crippen LogP contribution in [0.1, 0.15) is 16.7 Å². The van der Waals surface area contributed by atoms with E-state index in [4.69, 9.17) is 27.9 Å². The summed E-state index contributed by atoms with van der Waals surface area (Å²) in [6.45, 7) is 2.35. The highest BCUT2D eigenvalue weighted by Gasteiger charge is 2.13. The van der Waals surface area contributed by atoms with Crippen LogP contribution in [0, 0.1) is 6.92 Å². The predicted octanol–water partition coefficient (Wildman–Crippen LogP) is 5.36. The van der Waals surface area contributed by atoms with Crippen molar-refractivity contribution in [3.05, 3.63) is 93.5 Å². The van der Waals surface area contributed by atoms with E-state index in [1.807, 2.05) is 6.92 Å². The Morgan fingerprint density at radius 3 is 2.11 bits per heavy atom. The maximum atomic E-state index is 12.3. The van der Waals surface area contributed by atoms with Crippen LogP contribution in [0.15, 0.2) is 71.6 Å². The lowest BCUT2D eigenvalue weighted by atomic mass is 10.2. The molecule has 0 saturated carbocycles. The molecule has 146 valence electrons. The number of hydrogen-bond acceptors (Lipinski definition) is 3. The van der Waals surface area contributed by atoms with Gasteiger partial charge in [0.2, 0.25) is 10.0 Å². The average Bonchev–Trinajstić information content (AvgIpc) is 2.67. The van der Waals surface area contributed by atoms with Gasteiger partial charge in [0.25, 0.3) is 0 Å². The molecule has 28 heavy (non-hydrogen) atoms. The Bertz CT molecular complexity index is 1030. The minimum atomic E-state index is -3.55. The number of nitrogens with one attached hydrogen (secondary N) is 1. The third kappa shape index (κ3) is 5.26. The average molecular weight is 436 g/mol. The third-order valence-electron chi connectivity index (χ3n) is 4.17. The van der Waals surface area contributed by atoms with Crippen LogP contribution in [-0.2, 0) is 23.2 Å². The van der Waals surface area contributed by atoms with Gasteiger partial charge in [0.15, 0.2) is 0 Å². The van der Waals surface area contributed by atoms with Gasteiger partial charge in [0.1, 0.15) is 12.4 Å². The van der Waals surface area contributed by atoms with E-state index in [0.29, 0.717) is 15.8 Å². The van der Waals surface area contributed by atoms with Crippen LogP contribution in [0.3, 0.4) is 0 Å². The topological polar surface area (TPSA) is 55.4 Å². The van der Waals surface area contributed by atoms with Crippen LogP contribution in [-0.4, -0.2) is 8.42 Å². The summed E-state index contributed by atoms with van der Waals surface area (Å²) >= 11 is 12.3. The second-order valence-electron chi connectivity index (χ2n) is 6.27. The minimum absolute atomic E-state index is 0.187. The number of benzene rings is 3. The van der Waals surface area contributed by atoms with Crippen molar-refractivity contribution < 1.29 is 13.2 Å². The van der Waals surface area contributed by atoms with Gasteiger partial charge in [-0.05, 0) is 48.9 Å². The molecule has 0 spiro atoms. The van der Waals surface area contributed by atoms with Gasteiger partial charge in [-0.1, -0.05) is 59.1 Å². The third-order valence-corrected chi connectivity index (χ3v) is 6.29. The van der Waals surface area contributed by atoms with Gasteiger partial charge in [0.05, 0.1) is 4.90 Å². The van der Waals surface area contributed by atoms with Crippen molar-refractivity contribution in [3.8, 4) is 5.75 Å². The van der Waals surface area contributed by atoms with E-state index in [0.717, 1.165) is 16.7 Å². The molecule has 4 nitrogen and oxygen atoms in total. The van der Waals surface area contributed by atoms with Crippen LogP contribution in [0.4, 0.5) is 0 Å². The molecule has 3 rings (SSSR count). The first-order valence-corrected chi connectivity index (χ1v) is 10.8. The highest BCUT2D eigenvalue weighted by Crippen LogP contribution is 2.26. The second kappa shape index (κ2) is 8.97. The maximum absolute atomic E-state index is 12.3. The van der Waals surface area contributed by atoms with Crippen LogP contribution in [0.25, 0.3) is 0 Å². The Morgan fingerprint density at radius 1 is 0.893 bits per heavy atom. The van der Waals surface area contributed by atoms with E-state index >= 15 is 0 Å². The number of ether oxygens (including phenoxy) is 1. The summed E-state index contributed by atoms with van der Waals surface area (Å²) in [5.41, 5.74) is 2.55. The van der Waals surface area contributed by atoms with Gasteiger partial charge in [-0.2, -0.15) is 0 Å². The molecule has 0 bridgehead atoms. The van der Waals surface area contributed by atoms with Crippen molar-refractivity contribution in [2.24, 2.45) is 0 Å². The number of hydrogen-bond donors (Lipinski definition) is 1. The monoisotopic (exact) mass is 435 g/mol. The van der Waals surface area contributed by atoms with E-state index in [9.17, 15) is 8.42 Å². The molecule has 0 fully saturated rings. The first kappa shape index (κ1) is 20.7. The summed E-state index contributed by atoms with van der Waals surface area (Å²) in [4.78, 5) is 0.245. The lowest BCUT2D eigenvalue weighted by Crippen LogP contribution is -2.23. The molecular weight excluding hydrogens is 417 g/mol. The predicted molar refractivity (Wildman–Crippen MR) is 112 cm³/mol. The molecule has 0 aliphatic heterocycles. The quantitative estimate of drug-likeness (QED) is 0.543. The molecule has 0 aliphatic rings. The van der Waals surface area contributed by atoms with Crippen LogP contribution < -0.4 is 9.46 Å². The van der Waals surface area contributed by atoms with Gasteiger partial charge < -0.3 is 4.74 Å². The first-order valence-electron chi connectivity index (χ1n) is 8.56. The zero-order chi connectivity index (χ0) is 20.1. The largest absolute Gasteiger partial charge is 0.489 e. The van der Waals surface area contributed by atoms with Crippen molar-refractivity contribution in [1.82, 2.24) is 4.72 Å². The summed E-state index contributed by atoms with van der Waals surface area (Å²) in [5.74, 6) is 0.640. The number of sulfonamides is 1. The summed E-state index contributed by atoms with van der Waals surface area (Å²) in [6, 6.07) is 19.2. The van der Waals surface area contributed by atoms with Gasteiger partial charge >= 0.3 is 0 Å². The summed E-state index contributed by atoms with van der Waals surface area (Å²) in [5, 5.41) is 1.10. The highest BCUT2D eigenvalue weighted by molar-refractivity contribution is 7.89. The van der Waals surface area contributed by atoms with Gasteiger partial charge in [-0.15, -0.1) is 0 Å². The van der Waals surface area contributed by atoms with Gasteiger partial charge in [-0.25, -0.2) is 13.1 Å². The molecule has 3 aromatic carbocycles. The first-order chi connectivity index (χ1) is 13.3. The van der Waals surface area contributed by atoms with Gasteiger partial charge in [0, 0.05) is 22.2 Å². The standard InChI is InChI=1S/C21H19Cl2NO3S/c1-15-5-11-18(12-6-15)28(25,26)24-13-16-7-9-17(10-8-16)27-14-19-20(22)3-2-4-21(19)23/h2-12,24H,13-14H2,1H3. The van der Waals surface area contributed by atoms with E-state index in [1.165, 1.54) is 0 Å². The van der Waals surface area contributed by atoms with Gasteiger partial charge in [-0.3, -0.25) is 0 Å². The molecule has 0 heterocycles. The Kier molecular flexibility index (Phi) is 6.62. The number of halogens is 2. The Morgan fingerprint density at radius 2 is 1.50 bits per heavy atom. The Balaban J connectivity index is 1.59. The Hall–Kier alpha value is -2.05. The van der Waals surface area contributed by atoms with Crippen molar-refractivity contribution in [2.75, 3.05) is 0 Å². The van der Waals surface area contributed by atoms with Crippen LogP contribution >= 0.6 is 23.2 Å². The lowest BCUT2D eigenvalue weighted by molar-refractivity contribution is 0.306. The molecule has 1 N–H and O–H groups in total. The summed E-state index contributed by atoms with van der Waals surface area (Å²) in [7, 11) is -3.55. The van der Waals surface area contributed by atoms with Crippen molar-refractivity contribution >= 4 is 33.2 Å². The lowest BCUT2D eigenvalue weighted by Gasteiger charge is -2.11. The van der Waals surface area contributed by atoms with Crippen molar-refractivity contribution in [3.63, 3.8) is 0 Å². The SMILES string of the molecule is Cc1ccc(S(=O)(=O)NCc2ccc(OCc3c(Cl)cccc3Cl)cc2)cc1. The van der Waals surface area contributed by atoms with Crippen LogP contribution in [0.2, 0.25) is 10.0 Å². The second-order valence-corrected chi connectivity index (χ2v) is 8.85. The molecule has 0 aliphatic carbocycles. The smallest absolute Gasteiger partial charge is 0.240 e. The minimum Gasteiger partial charge on any atom is -0.489 e. The van der Waals surface area contributed by atoms with E-state index in [-0.39, 0.29) is 18.0 Å². The molecule has 0 aromatic heterocycles. The fourth-order valence-corrected chi connectivity index (χ4v) is 4.03. The normalized spacial score (nSPS) is 11.4. The molecule has 0 unspecified atom stereocenters. The molecule has 0 radical (unpaired) electrons. The van der Waals surface area contributed by atoms with Crippen molar-refractivity contribution in [2.45, 2.75) is 25.0 Å². The molecule has 0 amide bonds.